The third kappa shape index (κ3) is 2.88. The number of hydrogen-bond acceptors (Lipinski definition) is 4. The van der Waals surface area contributed by atoms with Crippen molar-refractivity contribution in [3.05, 3.63) is 59.9 Å². The van der Waals surface area contributed by atoms with E-state index >= 15 is 0 Å². The van der Waals surface area contributed by atoms with E-state index in [0.717, 1.165) is 0 Å². The van der Waals surface area contributed by atoms with Crippen LogP contribution < -0.4 is 0 Å². The van der Waals surface area contributed by atoms with Gasteiger partial charge in [0.1, 0.15) is 5.82 Å². The lowest BCUT2D eigenvalue weighted by Crippen LogP contribution is -2.23. The van der Waals surface area contributed by atoms with Crippen molar-refractivity contribution < 1.29 is 14.0 Å². The Balaban J connectivity index is 2.20. The summed E-state index contributed by atoms with van der Waals surface area (Å²) >= 11 is 0. The van der Waals surface area contributed by atoms with E-state index in [-0.39, 0.29) is 17.2 Å². The van der Waals surface area contributed by atoms with Gasteiger partial charge < -0.3 is 0 Å². The van der Waals surface area contributed by atoms with Crippen LogP contribution in [0, 0.1) is 11.7 Å². The molecule has 1 aromatic carbocycles. The van der Waals surface area contributed by atoms with E-state index in [9.17, 15) is 14.0 Å². The molecule has 1 heterocycles. The zero-order valence-electron chi connectivity index (χ0n) is 10.2. The molecule has 0 spiro atoms. The number of aromatic nitrogens is 2. The van der Waals surface area contributed by atoms with Gasteiger partial charge in [-0.25, -0.2) is 14.4 Å². The van der Waals surface area contributed by atoms with Gasteiger partial charge in [0, 0.05) is 18.0 Å². The standard InChI is InChI=1S/C14H11FN2O2/c1-9(13(19)14-16-7-2-8-17-14)12(18)10-3-5-11(15)6-4-10/h2-9H,1H3. The van der Waals surface area contributed by atoms with Crippen molar-refractivity contribution in [2.24, 2.45) is 5.92 Å². The summed E-state index contributed by atoms with van der Waals surface area (Å²) in [4.78, 5) is 31.7. The number of nitrogens with zero attached hydrogens (tertiary/aromatic N) is 2. The summed E-state index contributed by atoms with van der Waals surface area (Å²) in [7, 11) is 0. The number of hydrogen-bond donors (Lipinski definition) is 0. The Labute approximate surface area is 109 Å². The Morgan fingerprint density at radius 3 is 2.21 bits per heavy atom. The molecule has 0 aliphatic heterocycles. The quantitative estimate of drug-likeness (QED) is 0.623. The predicted molar refractivity (Wildman–Crippen MR) is 66.3 cm³/mol. The normalized spacial score (nSPS) is 11.9. The second kappa shape index (κ2) is 5.48. The molecule has 5 heteroatoms. The maximum absolute atomic E-state index is 12.8. The molecule has 0 aliphatic carbocycles. The first-order valence-corrected chi connectivity index (χ1v) is 5.70. The van der Waals surface area contributed by atoms with E-state index in [0.29, 0.717) is 0 Å². The Hall–Kier alpha value is -2.43. The first-order valence-electron chi connectivity index (χ1n) is 5.70. The van der Waals surface area contributed by atoms with Crippen LogP contribution in [0.25, 0.3) is 0 Å². The van der Waals surface area contributed by atoms with Crippen LogP contribution in [-0.2, 0) is 0 Å². The van der Waals surface area contributed by atoms with Gasteiger partial charge in [0.05, 0.1) is 5.92 Å². The van der Waals surface area contributed by atoms with Gasteiger partial charge >= 0.3 is 0 Å². The molecule has 1 atom stereocenters. The molecule has 4 nitrogen and oxygen atoms in total. The molecule has 1 unspecified atom stereocenters. The van der Waals surface area contributed by atoms with E-state index in [1.165, 1.54) is 43.6 Å². The zero-order valence-corrected chi connectivity index (χ0v) is 10.2. The topological polar surface area (TPSA) is 59.9 Å². The lowest BCUT2D eigenvalue weighted by atomic mass is 9.95. The smallest absolute Gasteiger partial charge is 0.210 e. The lowest BCUT2D eigenvalue weighted by Gasteiger charge is -2.08. The number of carbonyl (C=O) groups is 2. The zero-order chi connectivity index (χ0) is 13.8. The van der Waals surface area contributed by atoms with Gasteiger partial charge in [0.15, 0.2) is 11.6 Å². The highest BCUT2D eigenvalue weighted by molar-refractivity contribution is 6.14. The van der Waals surface area contributed by atoms with Gasteiger partial charge in [-0.05, 0) is 37.3 Å². The van der Waals surface area contributed by atoms with E-state index in [1.54, 1.807) is 6.07 Å². The lowest BCUT2D eigenvalue weighted by molar-refractivity contribution is 0.0814. The summed E-state index contributed by atoms with van der Waals surface area (Å²) in [6, 6.07) is 6.66. The highest BCUT2D eigenvalue weighted by Crippen LogP contribution is 2.13. The summed E-state index contributed by atoms with van der Waals surface area (Å²) in [6.45, 7) is 1.49. The fourth-order valence-electron chi connectivity index (χ4n) is 1.60. The number of carbonyl (C=O) groups excluding carboxylic acids is 2. The van der Waals surface area contributed by atoms with Crippen molar-refractivity contribution >= 4 is 11.6 Å². The van der Waals surface area contributed by atoms with Crippen LogP contribution in [0.3, 0.4) is 0 Å². The molecule has 0 amide bonds. The predicted octanol–water partition coefficient (Wildman–Crippen LogP) is 2.32. The van der Waals surface area contributed by atoms with Gasteiger partial charge in [0.2, 0.25) is 5.78 Å². The molecule has 0 bridgehead atoms. The van der Waals surface area contributed by atoms with Crippen molar-refractivity contribution in [3.8, 4) is 0 Å². The Morgan fingerprint density at radius 2 is 1.63 bits per heavy atom. The van der Waals surface area contributed by atoms with E-state index in [4.69, 9.17) is 0 Å². The average molecular weight is 258 g/mol. The van der Waals surface area contributed by atoms with Gasteiger partial charge in [-0.3, -0.25) is 9.59 Å². The van der Waals surface area contributed by atoms with Crippen LogP contribution in [0.4, 0.5) is 4.39 Å². The minimum absolute atomic E-state index is 0.00506. The van der Waals surface area contributed by atoms with Crippen LogP contribution in [0.2, 0.25) is 0 Å². The molecular formula is C14H11FN2O2. The molecule has 0 radical (unpaired) electrons. The number of rotatable bonds is 4. The SMILES string of the molecule is CC(C(=O)c1ccc(F)cc1)C(=O)c1ncccn1. The Kier molecular flexibility index (Phi) is 3.75. The van der Waals surface area contributed by atoms with Crippen molar-refractivity contribution in [1.29, 1.82) is 0 Å². The van der Waals surface area contributed by atoms with Crippen LogP contribution in [-0.4, -0.2) is 21.5 Å². The molecule has 0 saturated heterocycles. The second-order valence-electron chi connectivity index (χ2n) is 4.03. The highest BCUT2D eigenvalue weighted by Gasteiger charge is 2.25. The average Bonchev–Trinajstić information content (AvgIpc) is 2.46. The fourth-order valence-corrected chi connectivity index (χ4v) is 1.60. The molecule has 96 valence electrons. The molecule has 2 rings (SSSR count). The molecule has 0 aliphatic rings. The van der Waals surface area contributed by atoms with Crippen LogP contribution >= 0.6 is 0 Å². The van der Waals surface area contributed by atoms with Crippen molar-refractivity contribution in [1.82, 2.24) is 9.97 Å². The third-order valence-electron chi connectivity index (χ3n) is 2.70. The monoisotopic (exact) mass is 258 g/mol. The third-order valence-corrected chi connectivity index (χ3v) is 2.70. The number of ketones is 2. The van der Waals surface area contributed by atoms with Crippen molar-refractivity contribution in [3.63, 3.8) is 0 Å². The Bertz CT molecular complexity index is 597. The molecule has 0 saturated carbocycles. The van der Waals surface area contributed by atoms with Crippen LogP contribution in [0.15, 0.2) is 42.7 Å². The summed E-state index contributed by atoms with van der Waals surface area (Å²) < 4.78 is 12.8. The number of Topliss-reactive ketones (excluding diaryl/α,β-unsaturated/α-hetero) is 2. The molecule has 0 N–H and O–H groups in total. The molecular weight excluding hydrogens is 247 g/mol. The van der Waals surface area contributed by atoms with Gasteiger partial charge in [0.25, 0.3) is 0 Å². The van der Waals surface area contributed by atoms with Crippen LogP contribution in [0.1, 0.15) is 27.9 Å². The molecule has 19 heavy (non-hydrogen) atoms. The maximum atomic E-state index is 12.8. The second-order valence-corrected chi connectivity index (χ2v) is 4.03. The summed E-state index contributed by atoms with van der Waals surface area (Å²) in [5.74, 6) is -2.15. The number of benzene rings is 1. The largest absolute Gasteiger partial charge is 0.293 e. The van der Waals surface area contributed by atoms with Gasteiger partial charge in [-0.1, -0.05) is 0 Å². The number of halogens is 1. The van der Waals surface area contributed by atoms with E-state index in [1.807, 2.05) is 0 Å². The van der Waals surface area contributed by atoms with Crippen molar-refractivity contribution in [2.75, 3.05) is 0 Å². The summed E-state index contributed by atoms with van der Waals surface area (Å²) in [6.07, 6.45) is 2.88. The highest BCUT2D eigenvalue weighted by atomic mass is 19.1. The molecule has 0 fully saturated rings. The molecule has 2 aromatic rings. The van der Waals surface area contributed by atoms with Crippen LogP contribution in [0.5, 0.6) is 0 Å². The van der Waals surface area contributed by atoms with Crippen molar-refractivity contribution in [2.45, 2.75) is 6.92 Å². The van der Waals surface area contributed by atoms with E-state index in [2.05, 4.69) is 9.97 Å². The van der Waals surface area contributed by atoms with E-state index < -0.39 is 17.5 Å². The summed E-state index contributed by atoms with van der Waals surface area (Å²) in [5, 5.41) is 0. The van der Waals surface area contributed by atoms with Gasteiger partial charge in [-0.15, -0.1) is 0 Å². The van der Waals surface area contributed by atoms with Gasteiger partial charge in [-0.2, -0.15) is 0 Å². The maximum Gasteiger partial charge on any atom is 0.210 e. The fraction of sp³-hybridized carbons (Fsp3) is 0.143. The first-order chi connectivity index (χ1) is 9.09. The Morgan fingerprint density at radius 1 is 1.05 bits per heavy atom. The minimum Gasteiger partial charge on any atom is -0.293 e. The molecule has 1 aromatic heterocycles. The summed E-state index contributed by atoms with van der Waals surface area (Å²) in [5.41, 5.74) is 0.290. The first kappa shape index (κ1) is 13.0. The minimum atomic E-state index is -0.895.